The zero-order chi connectivity index (χ0) is 28.6. The predicted octanol–water partition coefficient (Wildman–Crippen LogP) is 5.90. The van der Waals surface area contributed by atoms with Crippen molar-refractivity contribution >= 4 is 34.5 Å². The van der Waals surface area contributed by atoms with Gasteiger partial charge in [-0.3, -0.25) is 9.59 Å². The van der Waals surface area contributed by atoms with E-state index < -0.39 is 5.91 Å². The maximum atomic E-state index is 13.7. The van der Waals surface area contributed by atoms with Crippen LogP contribution in [0.3, 0.4) is 0 Å². The maximum absolute atomic E-state index is 13.7. The molecule has 1 aliphatic rings. The van der Waals surface area contributed by atoms with Crippen LogP contribution in [0.1, 0.15) is 80.5 Å². The van der Waals surface area contributed by atoms with Crippen molar-refractivity contribution in [1.82, 2.24) is 19.4 Å². The van der Waals surface area contributed by atoms with E-state index in [9.17, 15) is 9.59 Å². The van der Waals surface area contributed by atoms with Crippen molar-refractivity contribution in [3.8, 4) is 0 Å². The molecule has 1 aliphatic heterocycles. The smallest absolute Gasteiger partial charge is 0.253 e. The van der Waals surface area contributed by atoms with Gasteiger partial charge in [-0.25, -0.2) is 4.98 Å². The minimum atomic E-state index is -0.450. The van der Waals surface area contributed by atoms with Gasteiger partial charge in [0.1, 0.15) is 0 Å². The second kappa shape index (κ2) is 13.8. The van der Waals surface area contributed by atoms with Gasteiger partial charge >= 0.3 is 0 Å². The highest BCUT2D eigenvalue weighted by Gasteiger charge is 2.20. The van der Waals surface area contributed by atoms with Gasteiger partial charge in [0.05, 0.1) is 11.0 Å². The number of primary amides is 1. The SMILES string of the molecule is CC(C)CCN(CCC(C)C)C(=O)c1ccc2nc(Nc3ccc(C(N)=O)cc3)n(CCCN3CCCC3)c2c1. The quantitative estimate of drug-likeness (QED) is 0.262. The van der Waals surface area contributed by atoms with Gasteiger partial charge < -0.3 is 25.4 Å². The van der Waals surface area contributed by atoms with E-state index in [1.54, 1.807) is 12.1 Å². The number of nitrogens with zero attached hydrogens (tertiary/aromatic N) is 4. The van der Waals surface area contributed by atoms with E-state index >= 15 is 0 Å². The van der Waals surface area contributed by atoms with Gasteiger partial charge in [-0.15, -0.1) is 0 Å². The fraction of sp³-hybridized carbons (Fsp3) is 0.531. The fourth-order valence-electron chi connectivity index (χ4n) is 5.21. The molecule has 2 aromatic carbocycles. The Morgan fingerprint density at radius 1 is 0.925 bits per heavy atom. The molecule has 4 rings (SSSR count). The van der Waals surface area contributed by atoms with Gasteiger partial charge in [-0.05, 0) is 106 Å². The average Bonchev–Trinajstić information content (AvgIpc) is 3.56. The summed E-state index contributed by atoms with van der Waals surface area (Å²) in [5.74, 6) is 1.45. The summed E-state index contributed by atoms with van der Waals surface area (Å²) < 4.78 is 2.19. The molecule has 40 heavy (non-hydrogen) atoms. The second-order valence-corrected chi connectivity index (χ2v) is 11.9. The molecule has 0 unspecified atom stereocenters. The molecule has 3 aromatic rings. The first-order valence-electron chi connectivity index (χ1n) is 14.9. The molecule has 0 radical (unpaired) electrons. The number of hydrogen-bond acceptors (Lipinski definition) is 5. The number of likely N-dealkylation sites (tertiary alicyclic amines) is 1. The molecule has 216 valence electrons. The largest absolute Gasteiger partial charge is 0.366 e. The van der Waals surface area contributed by atoms with E-state index in [2.05, 4.69) is 42.5 Å². The first kappa shape index (κ1) is 29.6. The number of hydrogen-bond donors (Lipinski definition) is 2. The maximum Gasteiger partial charge on any atom is 0.253 e. The number of carbonyl (C=O) groups excluding carboxylic acids is 2. The Morgan fingerprint density at radius 2 is 1.55 bits per heavy atom. The Labute approximate surface area is 238 Å². The van der Waals surface area contributed by atoms with Gasteiger partial charge in [0.2, 0.25) is 11.9 Å². The average molecular weight is 547 g/mol. The van der Waals surface area contributed by atoms with Crippen LogP contribution in [0.2, 0.25) is 0 Å². The summed E-state index contributed by atoms with van der Waals surface area (Å²) in [6, 6.07) is 13.0. The summed E-state index contributed by atoms with van der Waals surface area (Å²) in [5.41, 5.74) is 9.22. The molecule has 1 aromatic heterocycles. The van der Waals surface area contributed by atoms with E-state index in [1.165, 1.54) is 25.9 Å². The number of imidazole rings is 1. The van der Waals surface area contributed by atoms with Crippen LogP contribution in [0.25, 0.3) is 11.0 Å². The van der Waals surface area contributed by atoms with Crippen molar-refractivity contribution in [1.29, 1.82) is 0 Å². The zero-order valence-electron chi connectivity index (χ0n) is 24.7. The summed E-state index contributed by atoms with van der Waals surface area (Å²) in [7, 11) is 0. The van der Waals surface area contributed by atoms with Crippen LogP contribution >= 0.6 is 0 Å². The van der Waals surface area contributed by atoms with Gasteiger partial charge in [0, 0.05) is 36.4 Å². The molecule has 2 heterocycles. The summed E-state index contributed by atoms with van der Waals surface area (Å²) >= 11 is 0. The summed E-state index contributed by atoms with van der Waals surface area (Å²) in [4.78, 5) is 34.7. The summed E-state index contributed by atoms with van der Waals surface area (Å²) in [5, 5.41) is 3.43. The first-order chi connectivity index (χ1) is 19.2. The van der Waals surface area contributed by atoms with Crippen molar-refractivity contribution in [3.63, 3.8) is 0 Å². The molecule has 1 fully saturated rings. The number of aryl methyl sites for hydroxylation is 1. The molecule has 0 spiro atoms. The third-order valence-corrected chi connectivity index (χ3v) is 7.72. The molecule has 0 atom stereocenters. The molecule has 0 bridgehead atoms. The fourth-order valence-corrected chi connectivity index (χ4v) is 5.21. The highest BCUT2D eigenvalue weighted by atomic mass is 16.2. The highest BCUT2D eigenvalue weighted by molar-refractivity contribution is 5.98. The number of amides is 2. The molecule has 8 nitrogen and oxygen atoms in total. The van der Waals surface area contributed by atoms with Crippen LogP contribution in [0.4, 0.5) is 11.6 Å². The van der Waals surface area contributed by atoms with Crippen LogP contribution in [0.5, 0.6) is 0 Å². The monoisotopic (exact) mass is 546 g/mol. The van der Waals surface area contributed by atoms with E-state index in [0.29, 0.717) is 23.0 Å². The van der Waals surface area contributed by atoms with E-state index in [1.807, 2.05) is 35.2 Å². The lowest BCUT2D eigenvalue weighted by Crippen LogP contribution is -2.34. The van der Waals surface area contributed by atoms with Gasteiger partial charge in [-0.1, -0.05) is 27.7 Å². The Hall–Kier alpha value is -3.39. The van der Waals surface area contributed by atoms with Crippen LogP contribution < -0.4 is 11.1 Å². The van der Waals surface area contributed by atoms with E-state index in [-0.39, 0.29) is 5.91 Å². The standard InChI is InChI=1S/C32H46N6O2/c1-23(2)14-20-37(21-15-24(3)4)31(40)26-10-13-28-29(22-26)38(19-7-18-36-16-5-6-17-36)32(35-28)34-27-11-8-25(9-12-27)30(33)39/h8-13,22-24H,5-7,14-21H2,1-4H3,(H2,33,39)(H,34,35). The first-order valence-corrected chi connectivity index (χ1v) is 14.9. The third-order valence-electron chi connectivity index (χ3n) is 7.72. The molecule has 0 saturated carbocycles. The van der Waals surface area contributed by atoms with E-state index in [0.717, 1.165) is 68.1 Å². The normalized spacial score (nSPS) is 13.9. The minimum absolute atomic E-state index is 0.0876. The van der Waals surface area contributed by atoms with Crippen molar-refractivity contribution < 1.29 is 9.59 Å². The van der Waals surface area contributed by atoms with Crippen LogP contribution in [-0.4, -0.2) is 63.9 Å². The number of nitrogens with two attached hydrogens (primary N) is 1. The van der Waals surface area contributed by atoms with E-state index in [4.69, 9.17) is 10.7 Å². The molecule has 2 amide bonds. The highest BCUT2D eigenvalue weighted by Crippen LogP contribution is 2.26. The molecular weight excluding hydrogens is 500 g/mol. The number of anilines is 2. The number of fused-ring (bicyclic) bond motifs is 1. The Kier molecular flexibility index (Phi) is 10.2. The number of benzene rings is 2. The Bertz CT molecular complexity index is 1260. The van der Waals surface area contributed by atoms with Crippen LogP contribution in [-0.2, 0) is 6.54 Å². The van der Waals surface area contributed by atoms with Crippen molar-refractivity contribution in [2.75, 3.05) is 38.0 Å². The van der Waals surface area contributed by atoms with Crippen molar-refractivity contribution in [3.05, 3.63) is 53.6 Å². The number of aromatic nitrogens is 2. The van der Waals surface area contributed by atoms with Crippen LogP contribution in [0, 0.1) is 11.8 Å². The van der Waals surface area contributed by atoms with Crippen molar-refractivity contribution in [2.24, 2.45) is 17.6 Å². The lowest BCUT2D eigenvalue weighted by atomic mass is 10.1. The predicted molar refractivity (Wildman–Crippen MR) is 163 cm³/mol. The molecule has 3 N–H and O–H groups in total. The Balaban J connectivity index is 1.62. The molecular formula is C32H46N6O2. The lowest BCUT2D eigenvalue weighted by Gasteiger charge is -2.25. The molecule has 1 saturated heterocycles. The number of rotatable bonds is 14. The van der Waals surface area contributed by atoms with Crippen LogP contribution in [0.15, 0.2) is 42.5 Å². The number of carbonyl (C=O) groups is 2. The molecule has 8 heteroatoms. The third kappa shape index (κ3) is 7.84. The molecule has 0 aliphatic carbocycles. The topological polar surface area (TPSA) is 96.5 Å². The lowest BCUT2D eigenvalue weighted by molar-refractivity contribution is 0.0740. The summed E-state index contributed by atoms with van der Waals surface area (Å²) in [6.45, 7) is 14.5. The zero-order valence-corrected chi connectivity index (χ0v) is 24.7. The van der Waals surface area contributed by atoms with Crippen molar-refractivity contribution in [2.45, 2.75) is 66.3 Å². The Morgan fingerprint density at radius 3 is 2.15 bits per heavy atom. The van der Waals surface area contributed by atoms with Gasteiger partial charge in [-0.2, -0.15) is 0 Å². The number of nitrogens with one attached hydrogen (secondary N) is 1. The van der Waals surface area contributed by atoms with Gasteiger partial charge in [0.25, 0.3) is 5.91 Å². The van der Waals surface area contributed by atoms with Gasteiger partial charge in [0.15, 0.2) is 0 Å². The second-order valence-electron chi connectivity index (χ2n) is 11.9. The minimum Gasteiger partial charge on any atom is -0.366 e. The summed E-state index contributed by atoms with van der Waals surface area (Å²) in [6.07, 6.45) is 5.52.